The van der Waals surface area contributed by atoms with Gasteiger partial charge in [0.15, 0.2) is 0 Å². The molecular weight excluding hydrogens is 264 g/mol. The fraction of sp³-hybridized carbons (Fsp3) is 0.750. The highest BCUT2D eigenvalue weighted by Gasteiger charge is 2.10. The zero-order chi connectivity index (χ0) is 15.1. The van der Waals surface area contributed by atoms with E-state index >= 15 is 0 Å². The van der Waals surface area contributed by atoms with Crippen LogP contribution in [0.25, 0.3) is 0 Å². The van der Waals surface area contributed by atoms with E-state index in [0.29, 0.717) is 12.5 Å². The van der Waals surface area contributed by atoms with Crippen molar-refractivity contribution in [3.05, 3.63) is 18.1 Å². The molecule has 1 aliphatic heterocycles. The summed E-state index contributed by atoms with van der Waals surface area (Å²) in [4.78, 5) is 11.2. The number of rotatable bonds is 6. The first-order valence-electron chi connectivity index (χ1n) is 7.94. The molecule has 5 heteroatoms. The molecule has 2 rings (SSSR count). The van der Waals surface area contributed by atoms with E-state index in [2.05, 4.69) is 41.0 Å². The van der Waals surface area contributed by atoms with Crippen LogP contribution in [-0.2, 0) is 6.54 Å². The van der Waals surface area contributed by atoms with Gasteiger partial charge in [-0.15, -0.1) is 0 Å². The molecule has 0 bridgehead atoms. The van der Waals surface area contributed by atoms with Crippen LogP contribution in [0.5, 0.6) is 5.88 Å². The molecule has 1 fully saturated rings. The van der Waals surface area contributed by atoms with E-state index in [0.717, 1.165) is 18.8 Å². The van der Waals surface area contributed by atoms with Crippen LogP contribution in [0.1, 0.15) is 45.7 Å². The largest absolute Gasteiger partial charge is 0.475 e. The van der Waals surface area contributed by atoms with Gasteiger partial charge in [0.25, 0.3) is 0 Å². The lowest BCUT2D eigenvalue weighted by Gasteiger charge is -2.25. The minimum absolute atomic E-state index is 0.0886. The first-order chi connectivity index (χ1) is 10.0. The number of likely N-dealkylation sites (tertiary alicyclic amines) is 1. The molecule has 118 valence electrons. The molecule has 0 amide bonds. The van der Waals surface area contributed by atoms with Crippen molar-refractivity contribution in [3.63, 3.8) is 0 Å². The standard InChI is InChI=1S/C16H28N4O/c1-16(2,3)19-12-14-11-18-15(13-17-14)21-10-9-20-7-5-4-6-8-20/h11,13,19H,4-10,12H2,1-3H3. The number of nitrogens with zero attached hydrogens (tertiary/aromatic N) is 3. The summed E-state index contributed by atoms with van der Waals surface area (Å²) < 4.78 is 5.67. The average molecular weight is 292 g/mol. The van der Waals surface area contributed by atoms with E-state index in [9.17, 15) is 0 Å². The molecule has 5 nitrogen and oxygen atoms in total. The van der Waals surface area contributed by atoms with Crippen LogP contribution in [0.15, 0.2) is 12.4 Å². The molecule has 1 aromatic rings. The fourth-order valence-corrected chi connectivity index (χ4v) is 2.33. The summed E-state index contributed by atoms with van der Waals surface area (Å²) in [5.41, 5.74) is 1.03. The van der Waals surface area contributed by atoms with Crippen LogP contribution < -0.4 is 10.1 Å². The molecular formula is C16H28N4O. The second kappa shape index (κ2) is 7.71. The zero-order valence-corrected chi connectivity index (χ0v) is 13.6. The van der Waals surface area contributed by atoms with Crippen LogP contribution in [0.3, 0.4) is 0 Å². The quantitative estimate of drug-likeness (QED) is 0.871. The first-order valence-corrected chi connectivity index (χ1v) is 7.94. The maximum Gasteiger partial charge on any atom is 0.232 e. The van der Waals surface area contributed by atoms with E-state index in [4.69, 9.17) is 4.74 Å². The second-order valence-electron chi connectivity index (χ2n) is 6.70. The van der Waals surface area contributed by atoms with Gasteiger partial charge in [0.05, 0.1) is 18.1 Å². The van der Waals surface area contributed by atoms with Gasteiger partial charge in [-0.3, -0.25) is 9.88 Å². The Balaban J connectivity index is 1.69. The van der Waals surface area contributed by atoms with Crippen molar-refractivity contribution < 1.29 is 4.74 Å². The summed E-state index contributed by atoms with van der Waals surface area (Å²) in [5.74, 6) is 0.617. The molecule has 0 saturated carbocycles. The van der Waals surface area contributed by atoms with Crippen molar-refractivity contribution in [2.45, 2.75) is 52.1 Å². The Morgan fingerprint density at radius 2 is 1.90 bits per heavy atom. The van der Waals surface area contributed by atoms with Gasteiger partial charge in [-0.2, -0.15) is 0 Å². The topological polar surface area (TPSA) is 50.3 Å². The SMILES string of the molecule is CC(C)(C)NCc1cnc(OCCN2CCCCC2)cn1. The van der Waals surface area contributed by atoms with Crippen LogP contribution in [0.2, 0.25) is 0 Å². The third-order valence-corrected chi connectivity index (χ3v) is 3.59. The number of ether oxygens (including phenoxy) is 1. The Bertz CT molecular complexity index is 407. The van der Waals surface area contributed by atoms with Gasteiger partial charge in [-0.25, -0.2) is 4.98 Å². The molecule has 1 saturated heterocycles. The summed E-state index contributed by atoms with van der Waals surface area (Å²) in [5, 5.41) is 3.39. The lowest BCUT2D eigenvalue weighted by Crippen LogP contribution is -2.35. The third-order valence-electron chi connectivity index (χ3n) is 3.59. The van der Waals surface area contributed by atoms with E-state index in [1.807, 2.05) is 0 Å². The Morgan fingerprint density at radius 1 is 1.14 bits per heavy atom. The van der Waals surface area contributed by atoms with Crippen molar-refractivity contribution in [1.29, 1.82) is 0 Å². The Hall–Kier alpha value is -1.20. The van der Waals surface area contributed by atoms with E-state index in [1.54, 1.807) is 12.4 Å². The van der Waals surface area contributed by atoms with Gasteiger partial charge >= 0.3 is 0 Å². The molecule has 0 aliphatic carbocycles. The molecule has 21 heavy (non-hydrogen) atoms. The molecule has 0 unspecified atom stereocenters. The van der Waals surface area contributed by atoms with Gasteiger partial charge in [0.2, 0.25) is 5.88 Å². The highest BCUT2D eigenvalue weighted by atomic mass is 16.5. The van der Waals surface area contributed by atoms with Crippen molar-refractivity contribution in [2.24, 2.45) is 0 Å². The predicted octanol–water partition coefficient (Wildman–Crippen LogP) is 2.23. The Kier molecular flexibility index (Phi) is 5.94. The van der Waals surface area contributed by atoms with Crippen LogP contribution in [0.4, 0.5) is 0 Å². The van der Waals surface area contributed by atoms with Crippen LogP contribution >= 0.6 is 0 Å². The summed E-state index contributed by atoms with van der Waals surface area (Å²) in [6.07, 6.45) is 7.50. The lowest BCUT2D eigenvalue weighted by atomic mass is 10.1. The van der Waals surface area contributed by atoms with Gasteiger partial charge in [-0.1, -0.05) is 6.42 Å². The van der Waals surface area contributed by atoms with Gasteiger partial charge in [-0.05, 0) is 46.7 Å². The van der Waals surface area contributed by atoms with Gasteiger partial charge in [0.1, 0.15) is 6.61 Å². The predicted molar refractivity (Wildman–Crippen MR) is 84.4 cm³/mol. The minimum Gasteiger partial charge on any atom is -0.475 e. The Morgan fingerprint density at radius 3 is 2.52 bits per heavy atom. The number of piperidine rings is 1. The lowest BCUT2D eigenvalue weighted by molar-refractivity contribution is 0.180. The van der Waals surface area contributed by atoms with Gasteiger partial charge in [0, 0.05) is 18.6 Å². The molecule has 1 aliphatic rings. The number of aromatic nitrogens is 2. The molecule has 2 heterocycles. The zero-order valence-electron chi connectivity index (χ0n) is 13.6. The fourth-order valence-electron chi connectivity index (χ4n) is 2.33. The Labute approximate surface area is 128 Å². The van der Waals surface area contributed by atoms with Crippen molar-refractivity contribution in [1.82, 2.24) is 20.2 Å². The summed E-state index contributed by atoms with van der Waals surface area (Å²) in [6.45, 7) is 11.2. The molecule has 0 aromatic carbocycles. The van der Waals surface area contributed by atoms with Crippen LogP contribution in [0, 0.1) is 0 Å². The number of hydrogen-bond donors (Lipinski definition) is 1. The monoisotopic (exact) mass is 292 g/mol. The first kappa shape index (κ1) is 16.2. The van der Waals surface area contributed by atoms with Crippen molar-refractivity contribution >= 4 is 0 Å². The number of nitrogens with one attached hydrogen (secondary N) is 1. The third kappa shape index (κ3) is 6.40. The smallest absolute Gasteiger partial charge is 0.232 e. The van der Waals surface area contributed by atoms with E-state index in [1.165, 1.54) is 32.4 Å². The molecule has 1 aromatic heterocycles. The van der Waals surface area contributed by atoms with Crippen LogP contribution in [-0.4, -0.2) is 46.6 Å². The van der Waals surface area contributed by atoms with Crippen molar-refractivity contribution in [2.75, 3.05) is 26.2 Å². The van der Waals surface area contributed by atoms with Crippen molar-refractivity contribution in [3.8, 4) is 5.88 Å². The second-order valence-corrected chi connectivity index (χ2v) is 6.70. The van der Waals surface area contributed by atoms with E-state index in [-0.39, 0.29) is 5.54 Å². The minimum atomic E-state index is 0.0886. The normalized spacial score (nSPS) is 16.9. The maximum absolute atomic E-state index is 5.67. The summed E-state index contributed by atoms with van der Waals surface area (Å²) in [6, 6.07) is 0. The summed E-state index contributed by atoms with van der Waals surface area (Å²) >= 11 is 0. The molecule has 1 N–H and O–H groups in total. The summed E-state index contributed by atoms with van der Waals surface area (Å²) in [7, 11) is 0. The maximum atomic E-state index is 5.67. The van der Waals surface area contributed by atoms with E-state index < -0.39 is 0 Å². The van der Waals surface area contributed by atoms with Gasteiger partial charge < -0.3 is 10.1 Å². The average Bonchev–Trinajstić information content (AvgIpc) is 2.47. The molecule has 0 spiro atoms. The number of hydrogen-bond acceptors (Lipinski definition) is 5. The highest BCUT2D eigenvalue weighted by Crippen LogP contribution is 2.09. The highest BCUT2D eigenvalue weighted by molar-refractivity contribution is 5.07. The molecule has 0 radical (unpaired) electrons. The molecule has 0 atom stereocenters.